The topological polar surface area (TPSA) is 51.0 Å². The van der Waals surface area contributed by atoms with Gasteiger partial charge in [0.1, 0.15) is 6.26 Å². The highest BCUT2D eigenvalue weighted by Gasteiger charge is 2.17. The Morgan fingerprint density at radius 3 is 2.65 bits per heavy atom. The minimum atomic E-state index is 0.134. The number of thiazole rings is 1. The Morgan fingerprint density at radius 2 is 2.06 bits per heavy atom. The summed E-state index contributed by atoms with van der Waals surface area (Å²) in [6.07, 6.45) is 1.58. The maximum absolute atomic E-state index is 4.76. The number of hydrogen-bond donors (Lipinski definition) is 1. The third kappa shape index (κ3) is 3.38. The van der Waals surface area contributed by atoms with Gasteiger partial charge in [-0.25, -0.2) is 4.98 Å². The molecule has 1 N–H and O–H groups in total. The average Bonchev–Trinajstić information content (AvgIpc) is 2.86. The lowest BCUT2D eigenvalue weighted by Gasteiger charge is -2.13. The summed E-state index contributed by atoms with van der Waals surface area (Å²) in [5, 5.41) is 10.4. The van der Waals surface area contributed by atoms with E-state index in [2.05, 4.69) is 41.6 Å². The van der Waals surface area contributed by atoms with E-state index in [0.717, 1.165) is 17.9 Å². The van der Waals surface area contributed by atoms with Crippen molar-refractivity contribution < 1.29 is 4.52 Å². The van der Waals surface area contributed by atoms with Gasteiger partial charge in [0.05, 0.1) is 16.4 Å². The maximum atomic E-state index is 4.76. The van der Waals surface area contributed by atoms with Crippen molar-refractivity contribution in [2.45, 2.75) is 39.3 Å². The number of nitrogens with one attached hydrogen (secondary N) is 1. The summed E-state index contributed by atoms with van der Waals surface area (Å²) < 4.78 is 4.76. The van der Waals surface area contributed by atoms with Crippen LogP contribution in [0.2, 0.25) is 0 Å². The first-order chi connectivity index (χ1) is 8.05. The molecule has 0 aromatic carbocycles. The van der Waals surface area contributed by atoms with Gasteiger partial charge in [0, 0.05) is 30.0 Å². The van der Waals surface area contributed by atoms with E-state index < -0.39 is 0 Å². The van der Waals surface area contributed by atoms with Gasteiger partial charge in [-0.05, 0) is 0 Å². The minimum absolute atomic E-state index is 0.134. The highest BCUT2D eigenvalue weighted by atomic mass is 32.1. The normalized spacial score (nSPS) is 11.9. The second-order valence-electron chi connectivity index (χ2n) is 4.99. The molecule has 0 bridgehead atoms. The molecule has 0 aliphatic heterocycles. The van der Waals surface area contributed by atoms with E-state index >= 15 is 0 Å². The lowest BCUT2D eigenvalue weighted by molar-refractivity contribution is 0.408. The maximum Gasteiger partial charge on any atom is 0.124 e. The molecule has 2 aromatic rings. The molecule has 2 rings (SSSR count). The van der Waals surface area contributed by atoms with Crippen LogP contribution in [-0.2, 0) is 18.5 Å². The SMILES string of the molecule is CC(C)(C)c1nc(CNCc2ccon2)cs1. The summed E-state index contributed by atoms with van der Waals surface area (Å²) >= 11 is 1.72. The Labute approximate surface area is 105 Å². The van der Waals surface area contributed by atoms with Crippen LogP contribution in [0.4, 0.5) is 0 Å². The van der Waals surface area contributed by atoms with E-state index in [9.17, 15) is 0 Å². The van der Waals surface area contributed by atoms with Gasteiger partial charge in [0.25, 0.3) is 0 Å². The molecule has 0 aliphatic carbocycles. The van der Waals surface area contributed by atoms with Gasteiger partial charge in [-0.3, -0.25) is 0 Å². The second-order valence-corrected chi connectivity index (χ2v) is 5.85. The highest BCUT2D eigenvalue weighted by Crippen LogP contribution is 2.25. The van der Waals surface area contributed by atoms with Crippen molar-refractivity contribution >= 4 is 11.3 Å². The van der Waals surface area contributed by atoms with Crippen molar-refractivity contribution in [2.24, 2.45) is 0 Å². The van der Waals surface area contributed by atoms with Crippen molar-refractivity contribution in [2.75, 3.05) is 0 Å². The Bertz CT molecular complexity index is 456. The van der Waals surface area contributed by atoms with E-state index in [-0.39, 0.29) is 5.41 Å². The first-order valence-electron chi connectivity index (χ1n) is 5.60. The van der Waals surface area contributed by atoms with Crippen LogP contribution in [0.5, 0.6) is 0 Å². The fraction of sp³-hybridized carbons (Fsp3) is 0.500. The predicted octanol–water partition coefficient (Wildman–Crippen LogP) is 2.72. The molecule has 0 spiro atoms. The van der Waals surface area contributed by atoms with Crippen LogP contribution in [0.1, 0.15) is 37.2 Å². The average molecular weight is 251 g/mol. The zero-order valence-corrected chi connectivity index (χ0v) is 11.2. The minimum Gasteiger partial charge on any atom is -0.364 e. The monoisotopic (exact) mass is 251 g/mol. The predicted molar refractivity (Wildman–Crippen MR) is 67.9 cm³/mol. The smallest absolute Gasteiger partial charge is 0.124 e. The lowest BCUT2D eigenvalue weighted by Crippen LogP contribution is -2.14. The lowest BCUT2D eigenvalue weighted by atomic mass is 9.98. The summed E-state index contributed by atoms with van der Waals surface area (Å²) in [6, 6.07) is 1.86. The molecular weight excluding hydrogens is 234 g/mol. The van der Waals surface area contributed by atoms with Crippen molar-refractivity contribution in [1.29, 1.82) is 0 Å². The molecule has 0 aliphatic rings. The van der Waals surface area contributed by atoms with Crippen LogP contribution in [0.25, 0.3) is 0 Å². The summed E-state index contributed by atoms with van der Waals surface area (Å²) in [5.41, 5.74) is 2.13. The standard InChI is InChI=1S/C12H17N3OS/c1-12(2,3)11-14-10(8-17-11)7-13-6-9-4-5-16-15-9/h4-5,8,13H,6-7H2,1-3H3. The summed E-state index contributed by atoms with van der Waals surface area (Å²) in [4.78, 5) is 4.61. The molecule has 0 saturated heterocycles. The zero-order chi connectivity index (χ0) is 12.3. The molecule has 0 radical (unpaired) electrons. The van der Waals surface area contributed by atoms with Gasteiger partial charge in [-0.15, -0.1) is 11.3 Å². The van der Waals surface area contributed by atoms with Crippen LogP contribution in [0.15, 0.2) is 22.2 Å². The van der Waals surface area contributed by atoms with Crippen molar-refractivity contribution in [1.82, 2.24) is 15.5 Å². The van der Waals surface area contributed by atoms with Crippen LogP contribution < -0.4 is 5.32 Å². The third-order valence-corrected chi connectivity index (χ3v) is 3.61. The van der Waals surface area contributed by atoms with Crippen LogP contribution in [0, 0.1) is 0 Å². The number of rotatable bonds is 4. The number of nitrogens with zero attached hydrogens (tertiary/aromatic N) is 2. The molecule has 92 valence electrons. The molecule has 2 aromatic heterocycles. The Hall–Kier alpha value is -1.20. The zero-order valence-electron chi connectivity index (χ0n) is 10.4. The number of hydrogen-bond acceptors (Lipinski definition) is 5. The summed E-state index contributed by atoms with van der Waals surface area (Å²) in [6.45, 7) is 8.01. The van der Waals surface area contributed by atoms with E-state index in [4.69, 9.17) is 4.52 Å². The van der Waals surface area contributed by atoms with Gasteiger partial charge in [0.15, 0.2) is 0 Å². The van der Waals surface area contributed by atoms with E-state index in [0.29, 0.717) is 6.54 Å². The fourth-order valence-corrected chi connectivity index (χ4v) is 2.29. The largest absolute Gasteiger partial charge is 0.364 e. The third-order valence-electron chi connectivity index (χ3n) is 2.30. The molecule has 0 unspecified atom stereocenters. The molecule has 17 heavy (non-hydrogen) atoms. The molecule has 0 amide bonds. The fourth-order valence-electron chi connectivity index (χ4n) is 1.38. The van der Waals surface area contributed by atoms with Crippen LogP contribution in [0.3, 0.4) is 0 Å². The van der Waals surface area contributed by atoms with Crippen LogP contribution in [-0.4, -0.2) is 10.1 Å². The molecular formula is C12H17N3OS. The molecule has 4 nitrogen and oxygen atoms in total. The Kier molecular flexibility index (Phi) is 3.59. The molecule has 0 saturated carbocycles. The van der Waals surface area contributed by atoms with Gasteiger partial charge < -0.3 is 9.84 Å². The number of aromatic nitrogens is 2. The van der Waals surface area contributed by atoms with Gasteiger partial charge in [0.2, 0.25) is 0 Å². The first kappa shape index (κ1) is 12.3. The van der Waals surface area contributed by atoms with E-state index in [1.54, 1.807) is 17.6 Å². The first-order valence-corrected chi connectivity index (χ1v) is 6.48. The van der Waals surface area contributed by atoms with E-state index in [1.807, 2.05) is 6.07 Å². The van der Waals surface area contributed by atoms with Gasteiger partial charge in [-0.1, -0.05) is 25.9 Å². The quantitative estimate of drug-likeness (QED) is 0.907. The Morgan fingerprint density at radius 1 is 1.29 bits per heavy atom. The highest BCUT2D eigenvalue weighted by molar-refractivity contribution is 7.09. The van der Waals surface area contributed by atoms with E-state index in [1.165, 1.54) is 5.01 Å². The van der Waals surface area contributed by atoms with Crippen molar-refractivity contribution in [3.63, 3.8) is 0 Å². The van der Waals surface area contributed by atoms with Crippen LogP contribution >= 0.6 is 11.3 Å². The Balaban J connectivity index is 1.85. The summed E-state index contributed by atoms with van der Waals surface area (Å²) in [7, 11) is 0. The van der Waals surface area contributed by atoms with Gasteiger partial charge in [-0.2, -0.15) is 0 Å². The van der Waals surface area contributed by atoms with Crippen molar-refractivity contribution in [3.05, 3.63) is 34.1 Å². The second kappa shape index (κ2) is 4.98. The van der Waals surface area contributed by atoms with Crippen molar-refractivity contribution in [3.8, 4) is 0 Å². The molecule has 0 fully saturated rings. The van der Waals surface area contributed by atoms with Gasteiger partial charge >= 0.3 is 0 Å². The molecule has 2 heterocycles. The molecule has 5 heteroatoms. The molecule has 0 atom stereocenters. The summed E-state index contributed by atoms with van der Waals surface area (Å²) in [5.74, 6) is 0.